The molecule has 1 fully saturated rings. The molecule has 0 saturated carbocycles. The van der Waals surface area contributed by atoms with Crippen molar-refractivity contribution in [1.82, 2.24) is 10.7 Å². The fourth-order valence-electron chi connectivity index (χ4n) is 1.77. The fourth-order valence-corrected chi connectivity index (χ4v) is 1.77. The molecule has 1 aliphatic heterocycles. The van der Waals surface area contributed by atoms with E-state index in [1.165, 1.54) is 0 Å². The molecule has 2 rings (SSSR count). The molecule has 4 heteroatoms. The number of hydrogen-bond acceptors (Lipinski definition) is 2. The molecular weight excluding hydrogens is 202 g/mol. The van der Waals surface area contributed by atoms with E-state index in [9.17, 15) is 4.79 Å². The Hall–Kier alpha value is -1.55. The summed E-state index contributed by atoms with van der Waals surface area (Å²) in [4.78, 5) is 11.9. The molecule has 1 aromatic carbocycles. The number of nitrogens with one attached hydrogen (secondary N) is 2. The van der Waals surface area contributed by atoms with Crippen molar-refractivity contribution < 1.29 is 4.79 Å². The van der Waals surface area contributed by atoms with Gasteiger partial charge in [0, 0.05) is 0 Å². The second kappa shape index (κ2) is 3.79. The van der Waals surface area contributed by atoms with Crippen molar-refractivity contribution in [3.8, 4) is 0 Å². The van der Waals surface area contributed by atoms with Crippen LogP contribution in [-0.4, -0.2) is 11.7 Å². The SMILES string of the molecule is CCC1(C)NC(=O)N(c2ccccc2C)N1. The lowest BCUT2D eigenvalue weighted by Gasteiger charge is -2.23. The van der Waals surface area contributed by atoms with Gasteiger partial charge in [0.05, 0.1) is 5.69 Å². The number of hydrogen-bond donors (Lipinski definition) is 2. The van der Waals surface area contributed by atoms with Crippen LogP contribution >= 0.6 is 0 Å². The second-order valence-corrected chi connectivity index (χ2v) is 4.35. The third-order valence-electron chi connectivity index (χ3n) is 3.01. The number of anilines is 1. The van der Waals surface area contributed by atoms with E-state index in [0.29, 0.717) is 0 Å². The van der Waals surface area contributed by atoms with Crippen LogP contribution < -0.4 is 15.8 Å². The van der Waals surface area contributed by atoms with Gasteiger partial charge in [0.25, 0.3) is 0 Å². The second-order valence-electron chi connectivity index (χ2n) is 4.35. The van der Waals surface area contributed by atoms with Crippen molar-refractivity contribution in [1.29, 1.82) is 0 Å². The highest BCUT2D eigenvalue weighted by Crippen LogP contribution is 2.23. The smallest absolute Gasteiger partial charge is 0.317 e. The van der Waals surface area contributed by atoms with Crippen LogP contribution in [0.15, 0.2) is 24.3 Å². The summed E-state index contributed by atoms with van der Waals surface area (Å²) in [6.07, 6.45) is 0.834. The molecule has 16 heavy (non-hydrogen) atoms. The third-order valence-corrected chi connectivity index (χ3v) is 3.01. The van der Waals surface area contributed by atoms with Gasteiger partial charge in [0.15, 0.2) is 0 Å². The Morgan fingerprint density at radius 3 is 2.62 bits per heavy atom. The standard InChI is InChI=1S/C12H17N3O/c1-4-12(3)13-11(16)15(14-12)10-8-6-5-7-9(10)2/h5-8,14H,4H2,1-3H3,(H,13,16). The molecule has 1 heterocycles. The number of rotatable bonds is 2. The molecule has 86 valence electrons. The summed E-state index contributed by atoms with van der Waals surface area (Å²) in [5.74, 6) is 0. The Morgan fingerprint density at radius 2 is 2.06 bits per heavy atom. The maximum Gasteiger partial charge on any atom is 0.338 e. The van der Waals surface area contributed by atoms with E-state index in [1.807, 2.05) is 45.0 Å². The molecule has 2 amide bonds. The Labute approximate surface area is 95.6 Å². The van der Waals surface area contributed by atoms with Crippen molar-refractivity contribution in [2.75, 3.05) is 5.01 Å². The van der Waals surface area contributed by atoms with Gasteiger partial charge in [-0.1, -0.05) is 25.1 Å². The summed E-state index contributed by atoms with van der Waals surface area (Å²) in [5, 5.41) is 4.51. The van der Waals surface area contributed by atoms with E-state index in [0.717, 1.165) is 17.7 Å². The zero-order valence-electron chi connectivity index (χ0n) is 9.87. The van der Waals surface area contributed by atoms with E-state index in [1.54, 1.807) is 5.01 Å². The summed E-state index contributed by atoms with van der Waals surface area (Å²) in [6.45, 7) is 6.00. The van der Waals surface area contributed by atoms with Gasteiger partial charge in [0.2, 0.25) is 0 Å². The van der Waals surface area contributed by atoms with Crippen molar-refractivity contribution in [3.05, 3.63) is 29.8 Å². The monoisotopic (exact) mass is 219 g/mol. The molecular formula is C12H17N3O. The van der Waals surface area contributed by atoms with Gasteiger partial charge in [-0.2, -0.15) is 0 Å². The summed E-state index contributed by atoms with van der Waals surface area (Å²) >= 11 is 0. The molecule has 1 aromatic rings. The lowest BCUT2D eigenvalue weighted by atomic mass is 10.1. The van der Waals surface area contributed by atoms with Crippen molar-refractivity contribution in [2.24, 2.45) is 0 Å². The maximum absolute atomic E-state index is 11.9. The quantitative estimate of drug-likeness (QED) is 0.800. The number of carbonyl (C=O) groups is 1. The molecule has 0 radical (unpaired) electrons. The van der Waals surface area contributed by atoms with Crippen LogP contribution in [0.5, 0.6) is 0 Å². The molecule has 1 atom stereocenters. The third kappa shape index (κ3) is 1.76. The van der Waals surface area contributed by atoms with Crippen molar-refractivity contribution in [2.45, 2.75) is 32.9 Å². The predicted octanol–water partition coefficient (Wildman–Crippen LogP) is 2.16. The zero-order chi connectivity index (χ0) is 11.8. The van der Waals surface area contributed by atoms with E-state index in [4.69, 9.17) is 0 Å². The number of para-hydroxylation sites is 1. The number of urea groups is 1. The van der Waals surface area contributed by atoms with E-state index >= 15 is 0 Å². The Morgan fingerprint density at radius 1 is 1.38 bits per heavy atom. The van der Waals surface area contributed by atoms with Crippen LogP contribution in [0.2, 0.25) is 0 Å². The van der Waals surface area contributed by atoms with Crippen LogP contribution in [0.1, 0.15) is 25.8 Å². The number of benzene rings is 1. The van der Waals surface area contributed by atoms with Gasteiger partial charge in [-0.3, -0.25) is 0 Å². The van der Waals surface area contributed by atoms with Crippen LogP contribution in [-0.2, 0) is 0 Å². The molecule has 2 N–H and O–H groups in total. The number of carbonyl (C=O) groups excluding carboxylic acids is 1. The van der Waals surface area contributed by atoms with Crippen molar-refractivity contribution in [3.63, 3.8) is 0 Å². The summed E-state index contributed by atoms with van der Waals surface area (Å²) in [5.41, 5.74) is 4.82. The predicted molar refractivity (Wildman–Crippen MR) is 64.0 cm³/mol. The number of nitrogens with zero attached hydrogens (tertiary/aromatic N) is 1. The molecule has 0 bridgehead atoms. The summed E-state index contributed by atoms with van der Waals surface area (Å²) in [6, 6.07) is 7.72. The van der Waals surface area contributed by atoms with Gasteiger partial charge in [-0.25, -0.2) is 15.2 Å². The maximum atomic E-state index is 11.9. The molecule has 0 aromatic heterocycles. The Kier molecular flexibility index (Phi) is 2.59. The molecule has 1 saturated heterocycles. The summed E-state index contributed by atoms with van der Waals surface area (Å²) < 4.78 is 0. The van der Waals surface area contributed by atoms with Crippen LogP contribution in [0.4, 0.5) is 10.5 Å². The van der Waals surface area contributed by atoms with Crippen LogP contribution in [0.25, 0.3) is 0 Å². The number of amides is 2. The summed E-state index contributed by atoms with van der Waals surface area (Å²) in [7, 11) is 0. The first-order chi connectivity index (χ1) is 7.56. The molecule has 0 aliphatic carbocycles. The molecule has 4 nitrogen and oxygen atoms in total. The van der Waals surface area contributed by atoms with E-state index < -0.39 is 0 Å². The first-order valence-electron chi connectivity index (χ1n) is 5.51. The first-order valence-corrected chi connectivity index (χ1v) is 5.51. The highest BCUT2D eigenvalue weighted by Gasteiger charge is 2.37. The average molecular weight is 219 g/mol. The van der Waals surface area contributed by atoms with Crippen molar-refractivity contribution >= 4 is 11.7 Å². The highest BCUT2D eigenvalue weighted by molar-refractivity contribution is 5.94. The zero-order valence-corrected chi connectivity index (χ0v) is 9.87. The number of hydrazine groups is 1. The average Bonchev–Trinajstić information content (AvgIpc) is 2.56. The first kappa shape index (κ1) is 11.0. The highest BCUT2D eigenvalue weighted by atomic mass is 16.2. The van der Waals surface area contributed by atoms with Crippen LogP contribution in [0, 0.1) is 6.92 Å². The minimum atomic E-state index is -0.348. The van der Waals surface area contributed by atoms with Gasteiger partial charge in [0.1, 0.15) is 5.66 Å². The molecule has 1 aliphatic rings. The largest absolute Gasteiger partial charge is 0.338 e. The van der Waals surface area contributed by atoms with Crippen LogP contribution in [0.3, 0.4) is 0 Å². The van der Waals surface area contributed by atoms with E-state index in [2.05, 4.69) is 10.7 Å². The van der Waals surface area contributed by atoms with Gasteiger partial charge in [-0.05, 0) is 31.9 Å². The normalized spacial score (nSPS) is 24.7. The lowest BCUT2D eigenvalue weighted by Crippen LogP contribution is -2.48. The minimum absolute atomic E-state index is 0.0985. The fraction of sp³-hybridized carbons (Fsp3) is 0.417. The van der Waals surface area contributed by atoms with Gasteiger partial charge >= 0.3 is 6.03 Å². The minimum Gasteiger partial charge on any atom is -0.317 e. The number of aryl methyl sites for hydroxylation is 1. The Balaban J connectivity index is 2.31. The lowest BCUT2D eigenvalue weighted by molar-refractivity contribution is 0.247. The van der Waals surface area contributed by atoms with Gasteiger partial charge < -0.3 is 5.32 Å². The van der Waals surface area contributed by atoms with E-state index in [-0.39, 0.29) is 11.7 Å². The molecule has 0 spiro atoms. The van der Waals surface area contributed by atoms with Gasteiger partial charge in [-0.15, -0.1) is 0 Å². The molecule has 1 unspecified atom stereocenters. The topological polar surface area (TPSA) is 44.4 Å². The Bertz CT molecular complexity index is 418.